The monoisotopic (exact) mass is 309 g/mol. The van der Waals surface area contributed by atoms with E-state index in [-0.39, 0.29) is 5.02 Å². The summed E-state index contributed by atoms with van der Waals surface area (Å²) in [6.45, 7) is 1.93. The average molecular weight is 310 g/mol. The van der Waals surface area contributed by atoms with E-state index in [1.807, 2.05) is 19.1 Å². The molecule has 112 valence electrons. The number of rotatable bonds is 4. The van der Waals surface area contributed by atoms with Gasteiger partial charge in [0.2, 0.25) is 0 Å². The molecule has 0 heterocycles. The Kier molecular flexibility index (Phi) is 4.70. The molecule has 0 saturated heterocycles. The van der Waals surface area contributed by atoms with E-state index in [0.717, 1.165) is 16.7 Å². The Hall–Kier alpha value is -1.78. The van der Waals surface area contributed by atoms with Gasteiger partial charge in [-0.3, -0.25) is 0 Å². The molecule has 0 aliphatic heterocycles. The predicted molar refractivity (Wildman–Crippen MR) is 81.7 cm³/mol. The van der Waals surface area contributed by atoms with Gasteiger partial charge in [-0.2, -0.15) is 0 Å². The summed E-state index contributed by atoms with van der Waals surface area (Å²) >= 11 is 5.82. The first-order chi connectivity index (χ1) is 9.97. The van der Waals surface area contributed by atoms with Crippen LogP contribution in [0.4, 0.5) is 4.39 Å². The van der Waals surface area contributed by atoms with Gasteiger partial charge in [0.15, 0.2) is 11.5 Å². The van der Waals surface area contributed by atoms with Crippen molar-refractivity contribution in [2.75, 3.05) is 14.2 Å². The fourth-order valence-electron chi connectivity index (χ4n) is 2.22. The number of methoxy groups -OCH3 is 2. The Balaban J connectivity index is 2.47. The molecule has 2 N–H and O–H groups in total. The molecule has 2 aromatic rings. The van der Waals surface area contributed by atoms with E-state index in [9.17, 15) is 4.39 Å². The summed E-state index contributed by atoms with van der Waals surface area (Å²) < 4.78 is 23.8. The average Bonchev–Trinajstić information content (AvgIpc) is 2.49. The number of hydrogen-bond donors (Lipinski definition) is 1. The predicted octanol–water partition coefficient (Wildman–Crippen LogP) is 3.85. The minimum absolute atomic E-state index is 0.0566. The summed E-state index contributed by atoms with van der Waals surface area (Å²) in [4.78, 5) is 0. The Morgan fingerprint density at radius 2 is 1.71 bits per heavy atom. The molecule has 0 spiro atoms. The van der Waals surface area contributed by atoms with Crippen LogP contribution in [0.15, 0.2) is 30.3 Å². The largest absolute Gasteiger partial charge is 0.493 e. The normalized spacial score (nSPS) is 12.1. The fourth-order valence-corrected chi connectivity index (χ4v) is 2.41. The van der Waals surface area contributed by atoms with Crippen LogP contribution in [0.1, 0.15) is 22.7 Å². The first-order valence-electron chi connectivity index (χ1n) is 6.41. The maximum atomic E-state index is 13.3. The zero-order chi connectivity index (χ0) is 15.6. The molecule has 0 aliphatic carbocycles. The smallest absolute Gasteiger partial charge is 0.161 e. The second-order valence-electron chi connectivity index (χ2n) is 4.71. The Morgan fingerprint density at radius 3 is 2.29 bits per heavy atom. The SMILES string of the molecule is COc1cc(C)c(C(N)c2ccc(F)c(Cl)c2)cc1OC. The summed E-state index contributed by atoms with van der Waals surface area (Å²) in [6.07, 6.45) is 0. The molecular weight excluding hydrogens is 293 g/mol. The van der Waals surface area contributed by atoms with Gasteiger partial charge in [-0.05, 0) is 47.9 Å². The third-order valence-corrected chi connectivity index (χ3v) is 3.70. The standard InChI is InChI=1S/C16H17ClFNO2/c1-9-6-14(20-2)15(21-3)8-11(9)16(19)10-4-5-13(18)12(17)7-10/h4-8,16H,19H2,1-3H3. The van der Waals surface area contributed by atoms with Gasteiger partial charge in [0, 0.05) is 0 Å². The van der Waals surface area contributed by atoms with Crippen LogP contribution < -0.4 is 15.2 Å². The lowest BCUT2D eigenvalue weighted by Gasteiger charge is -2.18. The van der Waals surface area contributed by atoms with Crippen LogP contribution in [-0.2, 0) is 0 Å². The molecule has 0 fully saturated rings. The highest BCUT2D eigenvalue weighted by atomic mass is 35.5. The third-order valence-electron chi connectivity index (χ3n) is 3.41. The number of hydrogen-bond acceptors (Lipinski definition) is 3. The van der Waals surface area contributed by atoms with Gasteiger partial charge in [-0.1, -0.05) is 17.7 Å². The number of halogens is 2. The summed E-state index contributed by atoms with van der Waals surface area (Å²) in [7, 11) is 3.15. The first kappa shape index (κ1) is 15.6. The molecule has 2 rings (SSSR count). The van der Waals surface area contributed by atoms with E-state index in [1.165, 1.54) is 12.1 Å². The lowest BCUT2D eigenvalue weighted by atomic mass is 9.95. The highest BCUT2D eigenvalue weighted by molar-refractivity contribution is 6.30. The second kappa shape index (κ2) is 6.33. The minimum atomic E-state index is -0.461. The van der Waals surface area contributed by atoms with Gasteiger partial charge >= 0.3 is 0 Å². The lowest BCUT2D eigenvalue weighted by molar-refractivity contribution is 0.354. The summed E-state index contributed by atoms with van der Waals surface area (Å²) in [6, 6.07) is 7.74. The van der Waals surface area contributed by atoms with Crippen molar-refractivity contribution < 1.29 is 13.9 Å². The molecule has 0 bridgehead atoms. The number of aryl methyl sites for hydroxylation is 1. The number of nitrogens with two attached hydrogens (primary N) is 1. The van der Waals surface area contributed by atoms with Gasteiger partial charge in [-0.25, -0.2) is 4.39 Å². The van der Waals surface area contributed by atoms with Crippen LogP contribution in [0, 0.1) is 12.7 Å². The van der Waals surface area contributed by atoms with Crippen molar-refractivity contribution in [2.24, 2.45) is 5.73 Å². The fraction of sp³-hybridized carbons (Fsp3) is 0.250. The van der Waals surface area contributed by atoms with Gasteiger partial charge < -0.3 is 15.2 Å². The zero-order valence-electron chi connectivity index (χ0n) is 12.1. The van der Waals surface area contributed by atoms with Crippen molar-refractivity contribution in [3.05, 3.63) is 57.9 Å². The molecule has 3 nitrogen and oxygen atoms in total. The quantitative estimate of drug-likeness (QED) is 0.933. The second-order valence-corrected chi connectivity index (χ2v) is 5.12. The van der Waals surface area contributed by atoms with Crippen LogP contribution in [0.5, 0.6) is 11.5 Å². The van der Waals surface area contributed by atoms with E-state index in [0.29, 0.717) is 11.5 Å². The van der Waals surface area contributed by atoms with Crippen LogP contribution >= 0.6 is 11.6 Å². The molecule has 1 atom stereocenters. The maximum absolute atomic E-state index is 13.3. The molecule has 5 heteroatoms. The van der Waals surface area contributed by atoms with Gasteiger partial charge in [0.25, 0.3) is 0 Å². The molecule has 0 aromatic heterocycles. The van der Waals surface area contributed by atoms with Crippen LogP contribution in [-0.4, -0.2) is 14.2 Å². The minimum Gasteiger partial charge on any atom is -0.493 e. The Bertz CT molecular complexity index is 661. The molecule has 0 radical (unpaired) electrons. The lowest BCUT2D eigenvalue weighted by Crippen LogP contribution is -2.14. The number of ether oxygens (including phenoxy) is 2. The number of benzene rings is 2. The van der Waals surface area contributed by atoms with Crippen molar-refractivity contribution >= 4 is 11.6 Å². The van der Waals surface area contributed by atoms with Crippen LogP contribution in [0.2, 0.25) is 5.02 Å². The Morgan fingerprint density at radius 1 is 1.10 bits per heavy atom. The van der Waals surface area contributed by atoms with Gasteiger partial charge in [-0.15, -0.1) is 0 Å². The topological polar surface area (TPSA) is 44.5 Å². The summed E-state index contributed by atoms with van der Waals surface area (Å²) in [5.74, 6) is 0.779. The van der Waals surface area contributed by atoms with E-state index < -0.39 is 11.9 Å². The third kappa shape index (κ3) is 3.12. The molecule has 1 unspecified atom stereocenters. The van der Waals surface area contributed by atoms with Gasteiger partial charge in [0.1, 0.15) is 5.82 Å². The zero-order valence-corrected chi connectivity index (χ0v) is 12.9. The first-order valence-corrected chi connectivity index (χ1v) is 6.78. The van der Waals surface area contributed by atoms with Crippen molar-refractivity contribution in [1.29, 1.82) is 0 Å². The highest BCUT2D eigenvalue weighted by Crippen LogP contribution is 2.34. The van der Waals surface area contributed by atoms with E-state index in [2.05, 4.69) is 0 Å². The molecule has 0 amide bonds. The molecule has 21 heavy (non-hydrogen) atoms. The highest BCUT2D eigenvalue weighted by Gasteiger charge is 2.16. The molecule has 0 aliphatic rings. The van der Waals surface area contributed by atoms with Crippen LogP contribution in [0.3, 0.4) is 0 Å². The van der Waals surface area contributed by atoms with Crippen molar-refractivity contribution in [2.45, 2.75) is 13.0 Å². The van der Waals surface area contributed by atoms with Crippen LogP contribution in [0.25, 0.3) is 0 Å². The van der Waals surface area contributed by atoms with E-state index >= 15 is 0 Å². The maximum Gasteiger partial charge on any atom is 0.161 e. The molecular formula is C16H17ClFNO2. The molecule has 2 aromatic carbocycles. The van der Waals surface area contributed by atoms with Gasteiger partial charge in [0.05, 0.1) is 25.3 Å². The summed E-state index contributed by atoms with van der Waals surface area (Å²) in [5, 5.41) is 0.0566. The van der Waals surface area contributed by atoms with E-state index in [1.54, 1.807) is 20.3 Å². The summed E-state index contributed by atoms with van der Waals surface area (Å²) in [5.41, 5.74) is 8.84. The van der Waals surface area contributed by atoms with Crippen molar-refractivity contribution in [3.8, 4) is 11.5 Å². The van der Waals surface area contributed by atoms with Crippen molar-refractivity contribution in [3.63, 3.8) is 0 Å². The Labute approximate surface area is 128 Å². The van der Waals surface area contributed by atoms with Crippen molar-refractivity contribution in [1.82, 2.24) is 0 Å². The molecule has 0 saturated carbocycles. The van der Waals surface area contributed by atoms with E-state index in [4.69, 9.17) is 26.8 Å².